The zero-order chi connectivity index (χ0) is 21.1. The highest BCUT2D eigenvalue weighted by atomic mass is 16.7. The van der Waals surface area contributed by atoms with Crippen molar-refractivity contribution in [3.63, 3.8) is 0 Å². The number of carboxylic acids is 2. The van der Waals surface area contributed by atoms with Gasteiger partial charge < -0.3 is 31.4 Å². The fourth-order valence-electron chi connectivity index (χ4n) is 1.72. The predicted octanol–water partition coefficient (Wildman–Crippen LogP) is -2.37. The van der Waals surface area contributed by atoms with E-state index < -0.39 is 60.8 Å². The van der Waals surface area contributed by atoms with Crippen LogP contribution in [0.1, 0.15) is 33.1 Å². The lowest BCUT2D eigenvalue weighted by molar-refractivity contribution is -0.170. The number of rotatable bonds is 13. The average Bonchev–Trinajstić information content (AvgIpc) is 2.52. The second-order valence-electron chi connectivity index (χ2n) is 6.03. The van der Waals surface area contributed by atoms with Gasteiger partial charge in [-0.2, -0.15) is 0 Å². The van der Waals surface area contributed by atoms with Gasteiger partial charge in [0.1, 0.15) is 12.1 Å². The summed E-state index contributed by atoms with van der Waals surface area (Å²) in [5.74, 6) is -5.93. The lowest BCUT2D eigenvalue weighted by atomic mass is 10.0. The molecule has 0 fully saturated rings. The smallest absolute Gasteiger partial charge is 0.345 e. The molecule has 0 aliphatic carbocycles. The van der Waals surface area contributed by atoms with E-state index in [9.17, 15) is 24.0 Å². The molecule has 0 spiro atoms. The van der Waals surface area contributed by atoms with Crippen LogP contribution in [0.3, 0.4) is 0 Å². The molecule has 13 nitrogen and oxygen atoms in total. The van der Waals surface area contributed by atoms with E-state index in [0.29, 0.717) is 0 Å². The molecule has 0 aliphatic heterocycles. The van der Waals surface area contributed by atoms with Crippen LogP contribution in [-0.4, -0.2) is 58.1 Å². The lowest BCUT2D eigenvalue weighted by Crippen LogP contribution is -2.48. The van der Waals surface area contributed by atoms with Gasteiger partial charge in [-0.15, -0.1) is 11.0 Å². The van der Waals surface area contributed by atoms with Crippen LogP contribution < -0.4 is 22.4 Å². The van der Waals surface area contributed by atoms with Crippen molar-refractivity contribution in [2.45, 2.75) is 51.2 Å². The Morgan fingerprint density at radius 3 is 1.89 bits per heavy atom. The van der Waals surface area contributed by atoms with Crippen molar-refractivity contribution in [1.29, 1.82) is 0 Å². The number of carbonyl (C=O) groups excluding carboxylic acids is 3. The van der Waals surface area contributed by atoms with Crippen molar-refractivity contribution in [3.8, 4) is 0 Å². The summed E-state index contributed by atoms with van der Waals surface area (Å²) < 4.78 is 0. The third-order valence-corrected chi connectivity index (χ3v) is 3.00. The quantitative estimate of drug-likeness (QED) is 0.181. The highest BCUT2D eigenvalue weighted by molar-refractivity contribution is 5.84. The first-order chi connectivity index (χ1) is 12.4. The normalized spacial score (nSPS) is 14.1. The molecule has 0 aliphatic rings. The SMILES string of the molecule is CC(C)C[C@H](NOC(=O)[C@@H](N)CC(N)=O)C(=O)ON[C@@H](CC(=O)O)C(=O)O. The van der Waals surface area contributed by atoms with Crippen molar-refractivity contribution in [2.24, 2.45) is 17.4 Å². The van der Waals surface area contributed by atoms with Gasteiger partial charge in [-0.05, 0) is 12.3 Å². The Morgan fingerprint density at radius 2 is 1.44 bits per heavy atom. The Kier molecular flexibility index (Phi) is 10.6. The first-order valence-corrected chi connectivity index (χ1v) is 7.84. The number of hydroxylamine groups is 2. The van der Waals surface area contributed by atoms with E-state index in [4.69, 9.17) is 21.7 Å². The van der Waals surface area contributed by atoms with E-state index >= 15 is 0 Å². The fourth-order valence-corrected chi connectivity index (χ4v) is 1.72. The van der Waals surface area contributed by atoms with E-state index in [0.717, 1.165) is 0 Å². The van der Waals surface area contributed by atoms with E-state index in [1.165, 1.54) is 0 Å². The molecule has 3 atom stereocenters. The summed E-state index contributed by atoms with van der Waals surface area (Å²) >= 11 is 0. The molecule has 0 aromatic rings. The molecule has 13 heteroatoms. The van der Waals surface area contributed by atoms with Gasteiger partial charge in [-0.3, -0.25) is 14.4 Å². The zero-order valence-corrected chi connectivity index (χ0v) is 14.8. The molecule has 27 heavy (non-hydrogen) atoms. The second-order valence-corrected chi connectivity index (χ2v) is 6.03. The van der Waals surface area contributed by atoms with Crippen LogP contribution in [0.5, 0.6) is 0 Å². The minimum atomic E-state index is -1.67. The Hall–Kier alpha value is -2.77. The molecule has 1 amide bonds. The Labute approximate surface area is 154 Å². The lowest BCUT2D eigenvalue weighted by Gasteiger charge is -2.20. The summed E-state index contributed by atoms with van der Waals surface area (Å²) in [5.41, 5.74) is 14.3. The van der Waals surface area contributed by atoms with Crippen LogP contribution in [0.4, 0.5) is 0 Å². The molecule has 0 aromatic heterocycles. The molecule has 0 unspecified atom stereocenters. The number of aliphatic carboxylic acids is 2. The largest absolute Gasteiger partial charge is 0.481 e. The summed E-state index contributed by atoms with van der Waals surface area (Å²) in [6.45, 7) is 3.50. The number of nitrogens with two attached hydrogens (primary N) is 2. The molecule has 0 bridgehead atoms. The van der Waals surface area contributed by atoms with Crippen LogP contribution in [0.25, 0.3) is 0 Å². The van der Waals surface area contributed by atoms with Gasteiger partial charge in [-0.1, -0.05) is 13.8 Å². The molecule has 0 rings (SSSR count). The third-order valence-electron chi connectivity index (χ3n) is 3.00. The zero-order valence-electron chi connectivity index (χ0n) is 14.8. The van der Waals surface area contributed by atoms with Crippen LogP contribution in [0.2, 0.25) is 0 Å². The first-order valence-electron chi connectivity index (χ1n) is 7.84. The molecule has 0 saturated carbocycles. The van der Waals surface area contributed by atoms with Crippen LogP contribution >= 0.6 is 0 Å². The van der Waals surface area contributed by atoms with Crippen molar-refractivity contribution in [2.75, 3.05) is 0 Å². The second kappa shape index (κ2) is 11.8. The number of carbonyl (C=O) groups is 5. The van der Waals surface area contributed by atoms with Crippen molar-refractivity contribution >= 4 is 29.8 Å². The van der Waals surface area contributed by atoms with E-state index in [1.807, 2.05) is 5.48 Å². The summed E-state index contributed by atoms with van der Waals surface area (Å²) in [6.07, 6.45) is -1.17. The molecule has 0 radical (unpaired) electrons. The van der Waals surface area contributed by atoms with E-state index in [1.54, 1.807) is 13.8 Å². The number of carboxylic acid groups (broad SMARTS) is 2. The summed E-state index contributed by atoms with van der Waals surface area (Å²) in [7, 11) is 0. The maximum Gasteiger partial charge on any atom is 0.345 e. The van der Waals surface area contributed by atoms with Gasteiger partial charge in [0.2, 0.25) is 5.91 Å². The number of amides is 1. The fraction of sp³-hybridized carbons (Fsp3) is 0.643. The Morgan fingerprint density at radius 1 is 0.926 bits per heavy atom. The highest BCUT2D eigenvalue weighted by Crippen LogP contribution is 2.07. The topological polar surface area (TPSA) is 220 Å². The van der Waals surface area contributed by atoms with Gasteiger partial charge in [0, 0.05) is 0 Å². The number of hydrogen-bond acceptors (Lipinski definition) is 10. The molecule has 0 aromatic carbocycles. The standard InChI is InChI=1S/C14H24N4O9/c1-6(2)3-9(18-26-13(24)7(15)4-10(16)19)14(25)27-17-8(12(22)23)5-11(20)21/h6-9,17-18H,3-5,15H2,1-2H3,(H2,16,19)(H,20,21)(H,22,23)/t7-,8-,9-/m0/s1. The molecular weight excluding hydrogens is 368 g/mol. The Balaban J connectivity index is 4.80. The minimum absolute atomic E-state index is 0.0673. The van der Waals surface area contributed by atoms with E-state index in [-0.39, 0.29) is 12.3 Å². The van der Waals surface area contributed by atoms with Gasteiger partial charge in [-0.25, -0.2) is 9.59 Å². The van der Waals surface area contributed by atoms with Gasteiger partial charge in [0.05, 0.1) is 12.8 Å². The van der Waals surface area contributed by atoms with Crippen LogP contribution in [-0.2, 0) is 33.6 Å². The Bertz CT molecular complexity index is 567. The first kappa shape index (κ1) is 24.2. The summed E-state index contributed by atoms with van der Waals surface area (Å²) in [4.78, 5) is 65.2. The molecular formula is C14H24N4O9. The van der Waals surface area contributed by atoms with Gasteiger partial charge in [0.25, 0.3) is 0 Å². The average molecular weight is 392 g/mol. The summed E-state index contributed by atoms with van der Waals surface area (Å²) in [6, 6.07) is -4.21. The highest BCUT2D eigenvalue weighted by Gasteiger charge is 2.28. The predicted molar refractivity (Wildman–Crippen MR) is 87.2 cm³/mol. The number of hydrogen-bond donors (Lipinski definition) is 6. The van der Waals surface area contributed by atoms with Crippen molar-refractivity contribution < 1.29 is 43.9 Å². The van der Waals surface area contributed by atoms with Crippen molar-refractivity contribution in [3.05, 3.63) is 0 Å². The number of primary amides is 1. The van der Waals surface area contributed by atoms with Crippen molar-refractivity contribution in [1.82, 2.24) is 11.0 Å². The van der Waals surface area contributed by atoms with E-state index in [2.05, 4.69) is 15.2 Å². The van der Waals surface area contributed by atoms with Gasteiger partial charge in [0.15, 0.2) is 6.04 Å². The van der Waals surface area contributed by atoms with Crippen LogP contribution in [0, 0.1) is 5.92 Å². The molecule has 154 valence electrons. The van der Waals surface area contributed by atoms with Crippen LogP contribution in [0.15, 0.2) is 0 Å². The maximum absolute atomic E-state index is 12.1. The number of nitrogens with one attached hydrogen (secondary N) is 2. The molecule has 8 N–H and O–H groups in total. The summed E-state index contributed by atoms with van der Waals surface area (Å²) in [5, 5.41) is 17.5. The van der Waals surface area contributed by atoms with Gasteiger partial charge >= 0.3 is 23.9 Å². The molecule has 0 heterocycles. The third kappa shape index (κ3) is 10.7. The minimum Gasteiger partial charge on any atom is -0.481 e. The molecule has 0 saturated heterocycles. The maximum atomic E-state index is 12.1. The monoisotopic (exact) mass is 392 g/mol.